The van der Waals surface area contributed by atoms with E-state index in [1.54, 1.807) is 0 Å². The number of nitrogens with zero attached hydrogens (tertiary/aromatic N) is 3. The highest BCUT2D eigenvalue weighted by molar-refractivity contribution is 5.78. The zero-order valence-corrected chi connectivity index (χ0v) is 13.8. The zero-order valence-electron chi connectivity index (χ0n) is 13.8. The monoisotopic (exact) mass is 318 g/mol. The number of piperidine rings is 1. The van der Waals surface area contributed by atoms with E-state index in [-0.39, 0.29) is 0 Å². The van der Waals surface area contributed by atoms with E-state index >= 15 is 0 Å². The molecule has 1 fully saturated rings. The van der Waals surface area contributed by atoms with Gasteiger partial charge >= 0.3 is 0 Å². The van der Waals surface area contributed by atoms with Crippen LogP contribution in [0.2, 0.25) is 0 Å². The van der Waals surface area contributed by atoms with E-state index < -0.39 is 0 Å². The first-order valence-corrected chi connectivity index (χ1v) is 8.91. The lowest BCUT2D eigenvalue weighted by Gasteiger charge is -2.40. The molecule has 1 aliphatic carbocycles. The number of aryl methyl sites for hydroxylation is 1. The van der Waals surface area contributed by atoms with Crippen LogP contribution in [0.3, 0.4) is 0 Å². The summed E-state index contributed by atoms with van der Waals surface area (Å²) in [7, 11) is 0. The Hall–Kier alpha value is -2.20. The smallest absolute Gasteiger partial charge is 0.0702 e. The van der Waals surface area contributed by atoms with Gasteiger partial charge in [0.2, 0.25) is 0 Å². The maximum atomic E-state index is 4.62. The van der Waals surface area contributed by atoms with Gasteiger partial charge < -0.3 is 0 Å². The van der Waals surface area contributed by atoms with Gasteiger partial charge in [0.1, 0.15) is 0 Å². The van der Waals surface area contributed by atoms with Crippen molar-refractivity contribution in [1.29, 1.82) is 0 Å². The van der Waals surface area contributed by atoms with Crippen LogP contribution in [-0.4, -0.2) is 33.2 Å². The zero-order chi connectivity index (χ0) is 16.0. The highest BCUT2D eigenvalue weighted by Crippen LogP contribution is 2.44. The van der Waals surface area contributed by atoms with Crippen molar-refractivity contribution in [3.05, 3.63) is 59.5 Å². The van der Waals surface area contributed by atoms with Gasteiger partial charge in [-0.15, -0.1) is 0 Å². The molecule has 0 bridgehead atoms. The minimum atomic E-state index is 0.300. The molecule has 1 unspecified atom stereocenters. The molecule has 4 nitrogen and oxygen atoms in total. The maximum absolute atomic E-state index is 4.62. The molecule has 0 amide bonds. The summed E-state index contributed by atoms with van der Waals surface area (Å²) in [5, 5.41) is 8.82. The molecule has 4 heteroatoms. The lowest BCUT2D eigenvalue weighted by Crippen LogP contribution is -2.44. The molecule has 2 aliphatic rings. The fourth-order valence-corrected chi connectivity index (χ4v) is 4.69. The summed E-state index contributed by atoms with van der Waals surface area (Å²) in [4.78, 5) is 7.22. The lowest BCUT2D eigenvalue weighted by atomic mass is 9.77. The molecule has 1 N–H and O–H groups in total. The Morgan fingerprint density at radius 2 is 2.12 bits per heavy atom. The predicted molar refractivity (Wildman–Crippen MR) is 94.8 cm³/mol. The first-order chi connectivity index (χ1) is 11.8. The van der Waals surface area contributed by atoms with Crippen LogP contribution >= 0.6 is 0 Å². The molecule has 1 atom stereocenters. The molecule has 1 aliphatic heterocycles. The summed E-state index contributed by atoms with van der Waals surface area (Å²) in [6.45, 7) is 3.30. The van der Waals surface area contributed by atoms with E-state index in [0.29, 0.717) is 5.41 Å². The lowest BCUT2D eigenvalue weighted by molar-refractivity contribution is 0.136. The number of likely N-dealkylation sites (tertiary alicyclic amines) is 1. The van der Waals surface area contributed by atoms with E-state index in [9.17, 15) is 0 Å². The molecule has 122 valence electrons. The summed E-state index contributed by atoms with van der Waals surface area (Å²) in [5.74, 6) is 0. The van der Waals surface area contributed by atoms with Crippen LogP contribution in [0, 0.1) is 0 Å². The summed E-state index contributed by atoms with van der Waals surface area (Å²) in [6, 6.07) is 10.7. The Bertz CT molecular complexity index is 884. The number of rotatable bonds is 2. The highest BCUT2D eigenvalue weighted by Gasteiger charge is 2.43. The molecule has 2 aromatic heterocycles. The Balaban J connectivity index is 1.39. The molecular formula is C20H22N4. The molecule has 5 rings (SSSR count). The quantitative estimate of drug-likeness (QED) is 0.787. The van der Waals surface area contributed by atoms with Crippen LogP contribution in [0.15, 0.2) is 42.7 Å². The van der Waals surface area contributed by atoms with Crippen LogP contribution in [0.25, 0.3) is 10.9 Å². The number of benzene rings is 1. The number of para-hydroxylation sites is 1. The van der Waals surface area contributed by atoms with Crippen LogP contribution in [-0.2, 0) is 18.4 Å². The standard InChI is InChI=1S/C20H22N4/c1-2-5-18-16(4-1)10-15(11-21-18)13-24-9-3-7-20(14-24)8-6-17-12-22-23-19(17)20/h1-2,4-5,10-12H,3,6-9,13-14H2,(H,22,23). The van der Waals surface area contributed by atoms with Crippen molar-refractivity contribution in [3.63, 3.8) is 0 Å². The Labute approximate surface area is 141 Å². The van der Waals surface area contributed by atoms with Crippen LogP contribution < -0.4 is 0 Å². The van der Waals surface area contributed by atoms with E-state index in [1.807, 2.05) is 18.5 Å². The Morgan fingerprint density at radius 1 is 1.17 bits per heavy atom. The fraction of sp³-hybridized carbons (Fsp3) is 0.400. The topological polar surface area (TPSA) is 44.8 Å². The van der Waals surface area contributed by atoms with Crippen LogP contribution in [0.5, 0.6) is 0 Å². The maximum Gasteiger partial charge on any atom is 0.0702 e. The third-order valence-electron chi connectivity index (χ3n) is 5.83. The van der Waals surface area contributed by atoms with Crippen molar-refractivity contribution in [1.82, 2.24) is 20.1 Å². The minimum Gasteiger partial charge on any atom is -0.298 e. The second-order valence-corrected chi connectivity index (χ2v) is 7.40. The van der Waals surface area contributed by atoms with Gasteiger partial charge in [0.15, 0.2) is 0 Å². The molecule has 1 saturated heterocycles. The molecule has 1 aromatic carbocycles. The van der Waals surface area contributed by atoms with Gasteiger partial charge in [-0.1, -0.05) is 18.2 Å². The average molecular weight is 318 g/mol. The SMILES string of the molecule is c1ccc2ncc(CN3CCCC4(CCc5cn[nH]c54)C3)cc2c1. The van der Waals surface area contributed by atoms with Gasteiger partial charge in [-0.05, 0) is 55.5 Å². The first kappa shape index (κ1) is 14.2. The van der Waals surface area contributed by atoms with Crippen molar-refractivity contribution in [2.45, 2.75) is 37.6 Å². The molecular weight excluding hydrogens is 296 g/mol. The van der Waals surface area contributed by atoms with E-state index in [4.69, 9.17) is 0 Å². The average Bonchev–Trinajstić information content (AvgIpc) is 3.20. The minimum absolute atomic E-state index is 0.300. The van der Waals surface area contributed by atoms with Crippen molar-refractivity contribution >= 4 is 10.9 Å². The van der Waals surface area contributed by atoms with Gasteiger partial charge in [0.05, 0.1) is 11.7 Å². The fourth-order valence-electron chi connectivity index (χ4n) is 4.69. The number of aromatic amines is 1. The van der Waals surface area contributed by atoms with Crippen molar-refractivity contribution in [2.24, 2.45) is 0 Å². The second-order valence-electron chi connectivity index (χ2n) is 7.40. The van der Waals surface area contributed by atoms with E-state index in [1.165, 1.54) is 54.4 Å². The van der Waals surface area contributed by atoms with Gasteiger partial charge in [-0.25, -0.2) is 0 Å². The number of H-pyrrole nitrogens is 1. The van der Waals surface area contributed by atoms with Gasteiger partial charge in [0, 0.05) is 35.8 Å². The summed E-state index contributed by atoms with van der Waals surface area (Å²) in [5.41, 5.74) is 5.53. The van der Waals surface area contributed by atoms with Crippen molar-refractivity contribution in [3.8, 4) is 0 Å². The third kappa shape index (κ3) is 2.25. The molecule has 3 aromatic rings. The number of hydrogen-bond donors (Lipinski definition) is 1. The van der Waals surface area contributed by atoms with Crippen molar-refractivity contribution < 1.29 is 0 Å². The van der Waals surface area contributed by atoms with Gasteiger partial charge in [-0.3, -0.25) is 15.0 Å². The van der Waals surface area contributed by atoms with Crippen molar-refractivity contribution in [2.75, 3.05) is 13.1 Å². The largest absolute Gasteiger partial charge is 0.298 e. The second kappa shape index (κ2) is 5.42. The summed E-state index contributed by atoms with van der Waals surface area (Å²) >= 11 is 0. The molecule has 0 radical (unpaired) electrons. The number of fused-ring (bicyclic) bond motifs is 3. The molecule has 0 saturated carbocycles. The number of hydrogen-bond acceptors (Lipinski definition) is 3. The molecule has 24 heavy (non-hydrogen) atoms. The summed E-state index contributed by atoms with van der Waals surface area (Å²) in [6.07, 6.45) is 9.06. The first-order valence-electron chi connectivity index (χ1n) is 8.91. The Morgan fingerprint density at radius 3 is 3.12 bits per heavy atom. The number of nitrogens with one attached hydrogen (secondary N) is 1. The van der Waals surface area contributed by atoms with E-state index in [0.717, 1.165) is 18.6 Å². The van der Waals surface area contributed by atoms with Gasteiger partial charge in [-0.2, -0.15) is 5.10 Å². The van der Waals surface area contributed by atoms with E-state index in [2.05, 4.69) is 44.3 Å². The van der Waals surface area contributed by atoms with Crippen LogP contribution in [0.4, 0.5) is 0 Å². The van der Waals surface area contributed by atoms with Crippen LogP contribution in [0.1, 0.15) is 36.1 Å². The number of pyridine rings is 1. The molecule has 3 heterocycles. The highest BCUT2D eigenvalue weighted by atomic mass is 15.2. The molecule has 1 spiro atoms. The van der Waals surface area contributed by atoms with Gasteiger partial charge in [0.25, 0.3) is 0 Å². The predicted octanol–water partition coefficient (Wildman–Crippen LogP) is 3.44. The third-order valence-corrected chi connectivity index (χ3v) is 5.83. The Kier molecular flexibility index (Phi) is 3.20. The number of aromatic nitrogens is 3. The normalized spacial score (nSPS) is 23.8. The summed E-state index contributed by atoms with van der Waals surface area (Å²) < 4.78 is 0.